The van der Waals surface area contributed by atoms with Crippen molar-refractivity contribution in [3.63, 3.8) is 0 Å². The summed E-state index contributed by atoms with van der Waals surface area (Å²) < 4.78 is 16.4. The van der Waals surface area contributed by atoms with Gasteiger partial charge >= 0.3 is 11.9 Å². The smallest absolute Gasteiger partial charge is 0.330 e. The minimum absolute atomic E-state index is 0.105. The van der Waals surface area contributed by atoms with Crippen molar-refractivity contribution in [2.45, 2.75) is 9.16 Å². The summed E-state index contributed by atoms with van der Waals surface area (Å²) in [5.41, 5.74) is 0. The van der Waals surface area contributed by atoms with Crippen molar-refractivity contribution < 1.29 is 23.5 Å². The molecule has 0 fully saturated rings. The molecule has 2 aliphatic rings. The van der Waals surface area contributed by atoms with Crippen LogP contribution >= 0.6 is 47.0 Å². The van der Waals surface area contributed by atoms with Gasteiger partial charge in [0.05, 0.1) is 0 Å². The van der Waals surface area contributed by atoms with E-state index in [-0.39, 0.29) is 22.4 Å². The second-order valence-corrected chi connectivity index (χ2v) is 10.2. The Bertz CT molecular complexity index is 746. The minimum Gasteiger partial charge on any atom is -0.462 e. The number of hydrogen-bond donors (Lipinski definition) is 0. The average molecular weight is 441 g/mol. The van der Waals surface area contributed by atoms with Crippen LogP contribution in [0.5, 0.6) is 0 Å². The van der Waals surface area contributed by atoms with Crippen LogP contribution in [0.25, 0.3) is 0 Å². The molecule has 9 heteroatoms. The Morgan fingerprint density at radius 1 is 0.926 bits per heavy atom. The number of carbonyl (C=O) groups excluding carboxylic acids is 2. The Kier molecular flexibility index (Phi) is 7.28. The Labute approximate surface area is 174 Å². The van der Waals surface area contributed by atoms with Gasteiger partial charge in [-0.05, 0) is 22.9 Å². The Balaban J connectivity index is 1.49. The first-order valence-electron chi connectivity index (χ1n) is 7.79. The monoisotopic (exact) mass is 440 g/mol. The average Bonchev–Trinajstić information content (AvgIpc) is 3.43. The third-order valence-electron chi connectivity index (χ3n) is 3.32. The molecule has 0 aromatic carbocycles. The maximum atomic E-state index is 11.2. The molecule has 3 rings (SSSR count). The topological polar surface area (TPSA) is 65.7 Å². The fraction of sp³-hybridized carbons (Fsp3) is 0.222. The highest BCUT2D eigenvalue weighted by atomic mass is 32.2. The van der Waals surface area contributed by atoms with E-state index in [1.807, 2.05) is 22.9 Å². The predicted octanol–water partition coefficient (Wildman–Crippen LogP) is 5.38. The van der Waals surface area contributed by atoms with E-state index >= 15 is 0 Å². The summed E-state index contributed by atoms with van der Waals surface area (Å²) in [5, 5.41) is 3.97. The molecule has 1 aromatic heterocycles. The molecule has 0 saturated heterocycles. The Morgan fingerprint density at radius 3 is 1.78 bits per heavy atom. The van der Waals surface area contributed by atoms with Crippen LogP contribution in [-0.4, -0.2) is 25.2 Å². The fourth-order valence-electron chi connectivity index (χ4n) is 2.07. The maximum absolute atomic E-state index is 11.2. The lowest BCUT2D eigenvalue weighted by molar-refractivity contribution is -0.137. The minimum atomic E-state index is -0.428. The lowest BCUT2D eigenvalue weighted by atomic mass is 10.4. The molecule has 0 amide bonds. The van der Waals surface area contributed by atoms with Gasteiger partial charge < -0.3 is 13.9 Å². The second-order valence-electron chi connectivity index (χ2n) is 5.20. The molecule has 0 radical (unpaired) electrons. The molecule has 5 nitrogen and oxygen atoms in total. The molecule has 27 heavy (non-hydrogen) atoms. The first-order chi connectivity index (χ1) is 13.1. The van der Waals surface area contributed by atoms with Gasteiger partial charge in [0.1, 0.15) is 33.9 Å². The molecule has 2 unspecified atom stereocenters. The van der Waals surface area contributed by atoms with E-state index in [2.05, 4.69) is 13.2 Å². The van der Waals surface area contributed by atoms with Gasteiger partial charge in [-0.25, -0.2) is 9.59 Å². The van der Waals surface area contributed by atoms with E-state index in [1.54, 1.807) is 47.0 Å². The van der Waals surface area contributed by atoms with Crippen molar-refractivity contribution >= 4 is 59.0 Å². The van der Waals surface area contributed by atoms with E-state index in [9.17, 15) is 9.59 Å². The van der Waals surface area contributed by atoms with Crippen molar-refractivity contribution in [3.8, 4) is 0 Å². The van der Waals surface area contributed by atoms with Gasteiger partial charge in [0.2, 0.25) is 0 Å². The van der Waals surface area contributed by atoms with Crippen LogP contribution in [0.4, 0.5) is 0 Å². The van der Waals surface area contributed by atoms with Gasteiger partial charge in [0.15, 0.2) is 0 Å². The molecular weight excluding hydrogens is 424 g/mol. The summed E-state index contributed by atoms with van der Waals surface area (Å²) in [6.07, 6.45) is 2.31. The molecule has 0 saturated carbocycles. The fourth-order valence-corrected chi connectivity index (χ4v) is 6.87. The molecule has 0 N–H and O–H groups in total. The first kappa shape index (κ1) is 20.3. The zero-order valence-corrected chi connectivity index (χ0v) is 17.4. The Hall–Kier alpha value is -1.42. The lowest BCUT2D eigenvalue weighted by Crippen LogP contribution is -2.02. The van der Waals surface area contributed by atoms with Crippen molar-refractivity contribution in [1.82, 2.24) is 0 Å². The summed E-state index contributed by atoms with van der Waals surface area (Å²) in [7, 11) is 0. The number of carbonyl (C=O) groups is 2. The van der Waals surface area contributed by atoms with Gasteiger partial charge in [0.25, 0.3) is 0 Å². The van der Waals surface area contributed by atoms with Gasteiger partial charge in [-0.3, -0.25) is 0 Å². The van der Waals surface area contributed by atoms with E-state index in [0.29, 0.717) is 0 Å². The molecule has 0 bridgehead atoms. The molecule has 142 valence electrons. The normalized spacial score (nSPS) is 21.3. The molecule has 2 aliphatic heterocycles. The standard InChI is InChI=1S/C18H16O5S4/c1-3-15(19)21-7-11-9-24-17(26-11)13-5-6-14(23-13)18-25-10-12(27-18)8-22-16(20)4-2/h3-6,9-10,17-18H,1-2,7-8H2. The molecule has 2 atom stereocenters. The van der Waals surface area contributed by atoms with Crippen LogP contribution < -0.4 is 0 Å². The summed E-state index contributed by atoms with van der Waals surface area (Å²) in [6.45, 7) is 7.26. The molecule has 1 aromatic rings. The van der Waals surface area contributed by atoms with Crippen LogP contribution in [-0.2, 0) is 19.1 Å². The number of thioether (sulfide) groups is 4. The molecule has 0 aliphatic carbocycles. The number of ether oxygens (including phenoxy) is 2. The number of furan rings is 1. The zero-order valence-electron chi connectivity index (χ0n) is 14.1. The second kappa shape index (κ2) is 9.68. The highest BCUT2D eigenvalue weighted by Gasteiger charge is 2.28. The van der Waals surface area contributed by atoms with Crippen molar-refractivity contribution in [3.05, 3.63) is 69.6 Å². The van der Waals surface area contributed by atoms with E-state index < -0.39 is 11.9 Å². The summed E-state index contributed by atoms with van der Waals surface area (Å²) in [5.74, 6) is 0.883. The third-order valence-corrected chi connectivity index (χ3v) is 8.63. The van der Waals surface area contributed by atoms with Gasteiger partial charge in [-0.15, -0.1) is 47.0 Å². The SMILES string of the molecule is C=CC(=O)OCC1=CSC(c2ccc(C3SC=C(COC(=O)C=C)S3)o2)S1. The Morgan fingerprint density at radius 2 is 1.37 bits per heavy atom. The molecule has 3 heterocycles. The first-order valence-corrected chi connectivity index (χ1v) is 11.4. The quantitative estimate of drug-likeness (QED) is 0.391. The predicted molar refractivity (Wildman–Crippen MR) is 113 cm³/mol. The molecular formula is C18H16O5S4. The largest absolute Gasteiger partial charge is 0.462 e. The van der Waals surface area contributed by atoms with Crippen LogP contribution in [0.1, 0.15) is 20.7 Å². The summed E-state index contributed by atoms with van der Waals surface area (Å²) in [4.78, 5) is 24.3. The number of esters is 2. The number of hydrogen-bond acceptors (Lipinski definition) is 9. The zero-order chi connectivity index (χ0) is 19.2. The van der Waals surface area contributed by atoms with Crippen molar-refractivity contribution in [1.29, 1.82) is 0 Å². The van der Waals surface area contributed by atoms with Crippen LogP contribution in [0.2, 0.25) is 0 Å². The van der Waals surface area contributed by atoms with Gasteiger partial charge in [-0.2, -0.15) is 0 Å². The molecule has 0 spiro atoms. The van der Waals surface area contributed by atoms with E-state index in [1.165, 1.54) is 0 Å². The van der Waals surface area contributed by atoms with Crippen molar-refractivity contribution in [2.75, 3.05) is 13.2 Å². The highest BCUT2D eigenvalue weighted by molar-refractivity contribution is 8.22. The van der Waals surface area contributed by atoms with Crippen LogP contribution in [0.3, 0.4) is 0 Å². The van der Waals surface area contributed by atoms with Gasteiger partial charge in [-0.1, -0.05) is 13.2 Å². The summed E-state index contributed by atoms with van der Waals surface area (Å²) in [6, 6.07) is 3.95. The van der Waals surface area contributed by atoms with Gasteiger partial charge in [0, 0.05) is 22.0 Å². The highest BCUT2D eigenvalue weighted by Crippen LogP contribution is 2.54. The van der Waals surface area contributed by atoms with Crippen LogP contribution in [0.15, 0.2) is 62.5 Å². The lowest BCUT2D eigenvalue weighted by Gasteiger charge is -2.08. The summed E-state index contributed by atoms with van der Waals surface area (Å²) >= 11 is 6.48. The van der Waals surface area contributed by atoms with E-state index in [4.69, 9.17) is 13.9 Å². The maximum Gasteiger partial charge on any atom is 0.330 e. The van der Waals surface area contributed by atoms with E-state index in [0.717, 1.165) is 33.5 Å². The van der Waals surface area contributed by atoms with Crippen LogP contribution in [0, 0.1) is 0 Å². The number of rotatable bonds is 8. The van der Waals surface area contributed by atoms with Crippen molar-refractivity contribution in [2.24, 2.45) is 0 Å². The third kappa shape index (κ3) is 5.54.